The van der Waals surface area contributed by atoms with E-state index in [4.69, 9.17) is 4.98 Å². The molecule has 0 amide bonds. The molecular formula is C15H21N3O2S2. The van der Waals surface area contributed by atoms with Gasteiger partial charge in [-0.3, -0.25) is 0 Å². The molecule has 1 saturated heterocycles. The van der Waals surface area contributed by atoms with E-state index < -0.39 is 10.0 Å². The van der Waals surface area contributed by atoms with Crippen LogP contribution in [-0.4, -0.2) is 38.8 Å². The van der Waals surface area contributed by atoms with Gasteiger partial charge in [-0.15, -0.1) is 0 Å². The third kappa shape index (κ3) is 3.59. The van der Waals surface area contributed by atoms with Crippen molar-refractivity contribution in [2.75, 3.05) is 24.2 Å². The zero-order valence-corrected chi connectivity index (χ0v) is 14.5. The number of thiazole rings is 1. The van der Waals surface area contributed by atoms with Gasteiger partial charge >= 0.3 is 0 Å². The van der Waals surface area contributed by atoms with Crippen molar-refractivity contribution in [3.8, 4) is 0 Å². The smallest absolute Gasteiger partial charge is 0.208 e. The molecule has 120 valence electrons. The zero-order chi connectivity index (χ0) is 15.7. The Hall–Kier alpha value is -1.18. The maximum absolute atomic E-state index is 11.3. The van der Waals surface area contributed by atoms with Crippen LogP contribution in [0.5, 0.6) is 0 Å². The predicted molar refractivity (Wildman–Crippen MR) is 92.2 cm³/mol. The zero-order valence-electron chi connectivity index (χ0n) is 12.9. The van der Waals surface area contributed by atoms with Gasteiger partial charge in [-0.05, 0) is 37.0 Å². The number of piperidine rings is 1. The van der Waals surface area contributed by atoms with Crippen LogP contribution in [0.15, 0.2) is 18.2 Å². The summed E-state index contributed by atoms with van der Waals surface area (Å²) >= 11 is 1.72. The van der Waals surface area contributed by atoms with Gasteiger partial charge in [-0.25, -0.2) is 18.1 Å². The number of hydrogen-bond donors (Lipinski definition) is 1. The molecule has 22 heavy (non-hydrogen) atoms. The summed E-state index contributed by atoms with van der Waals surface area (Å²) < 4.78 is 26.5. The van der Waals surface area contributed by atoms with Crippen molar-refractivity contribution in [3.05, 3.63) is 23.8 Å². The maximum atomic E-state index is 11.3. The van der Waals surface area contributed by atoms with E-state index in [2.05, 4.69) is 34.7 Å². The fraction of sp³-hybridized carbons (Fsp3) is 0.533. The molecule has 7 heteroatoms. The van der Waals surface area contributed by atoms with Gasteiger partial charge in [0.1, 0.15) is 0 Å². The van der Waals surface area contributed by atoms with Gasteiger partial charge in [0.25, 0.3) is 0 Å². The van der Waals surface area contributed by atoms with Crippen molar-refractivity contribution >= 4 is 36.7 Å². The molecule has 0 spiro atoms. The average Bonchev–Trinajstić information content (AvgIpc) is 2.89. The number of benzene rings is 1. The van der Waals surface area contributed by atoms with Crippen molar-refractivity contribution in [2.45, 2.75) is 32.2 Å². The highest BCUT2D eigenvalue weighted by Gasteiger charge is 2.23. The number of rotatable bonds is 4. The molecule has 1 aliphatic heterocycles. The monoisotopic (exact) mass is 339 g/mol. The Bertz CT molecular complexity index is 762. The molecule has 1 N–H and O–H groups in total. The minimum atomic E-state index is -3.12. The molecule has 1 aromatic carbocycles. The second-order valence-corrected chi connectivity index (χ2v) is 8.59. The fourth-order valence-corrected chi connectivity index (χ4v) is 4.73. The van der Waals surface area contributed by atoms with Crippen molar-refractivity contribution in [3.63, 3.8) is 0 Å². The largest absolute Gasteiger partial charge is 0.348 e. The highest BCUT2D eigenvalue weighted by molar-refractivity contribution is 7.88. The van der Waals surface area contributed by atoms with Crippen molar-refractivity contribution in [2.24, 2.45) is 0 Å². The second kappa shape index (κ2) is 6.14. The van der Waals surface area contributed by atoms with E-state index in [0.717, 1.165) is 43.0 Å². The van der Waals surface area contributed by atoms with Crippen LogP contribution in [0.3, 0.4) is 0 Å². The highest BCUT2D eigenvalue weighted by atomic mass is 32.2. The van der Waals surface area contributed by atoms with E-state index in [1.54, 1.807) is 11.3 Å². The van der Waals surface area contributed by atoms with Gasteiger partial charge in [-0.2, -0.15) is 0 Å². The quantitative estimate of drug-likeness (QED) is 0.929. The normalized spacial score (nSPS) is 17.3. The summed E-state index contributed by atoms with van der Waals surface area (Å²) in [7, 11) is -3.12. The number of nitrogens with one attached hydrogen (secondary N) is 1. The van der Waals surface area contributed by atoms with Gasteiger partial charge in [0.15, 0.2) is 5.13 Å². The van der Waals surface area contributed by atoms with Crippen LogP contribution in [0.1, 0.15) is 25.3 Å². The molecule has 0 saturated carbocycles. The lowest BCUT2D eigenvalue weighted by atomic mass is 10.1. The number of aromatic nitrogens is 1. The summed E-state index contributed by atoms with van der Waals surface area (Å²) in [5.74, 6) is 0. The SMILES string of the molecule is CCc1ccc2nc(N3CCC(NS(C)(=O)=O)CC3)sc2c1. The Labute approximate surface area is 135 Å². The standard InChI is InChI=1S/C15H21N3O2S2/c1-3-11-4-5-13-14(10-11)21-15(16-13)18-8-6-12(7-9-18)17-22(2,19)20/h4-5,10,12,17H,3,6-9H2,1-2H3. The Morgan fingerprint density at radius 1 is 1.36 bits per heavy atom. The lowest BCUT2D eigenvalue weighted by molar-refractivity contribution is 0.461. The molecule has 0 radical (unpaired) electrons. The number of nitrogens with zero attached hydrogens (tertiary/aromatic N) is 2. The van der Waals surface area contributed by atoms with Gasteiger partial charge in [0, 0.05) is 19.1 Å². The molecule has 0 aliphatic carbocycles. The molecule has 0 bridgehead atoms. The summed E-state index contributed by atoms with van der Waals surface area (Å²) in [6.07, 6.45) is 3.90. The average molecular weight is 339 g/mol. The number of anilines is 1. The van der Waals surface area contributed by atoms with Crippen LogP contribution in [0.25, 0.3) is 10.2 Å². The molecule has 0 unspecified atom stereocenters. The number of hydrogen-bond acceptors (Lipinski definition) is 5. The third-order valence-electron chi connectivity index (χ3n) is 4.00. The predicted octanol–water partition coefficient (Wildman–Crippen LogP) is 2.38. The highest BCUT2D eigenvalue weighted by Crippen LogP contribution is 2.31. The molecule has 2 heterocycles. The molecular weight excluding hydrogens is 318 g/mol. The van der Waals surface area contributed by atoms with Crippen molar-refractivity contribution in [1.29, 1.82) is 0 Å². The molecule has 1 fully saturated rings. The van der Waals surface area contributed by atoms with E-state index in [1.807, 2.05) is 0 Å². The van der Waals surface area contributed by atoms with Crippen LogP contribution in [0, 0.1) is 0 Å². The lowest BCUT2D eigenvalue weighted by Gasteiger charge is -2.31. The summed E-state index contributed by atoms with van der Waals surface area (Å²) in [5.41, 5.74) is 2.38. The van der Waals surface area contributed by atoms with Crippen molar-refractivity contribution in [1.82, 2.24) is 9.71 Å². The Morgan fingerprint density at radius 3 is 2.73 bits per heavy atom. The Kier molecular flexibility index (Phi) is 4.38. The van der Waals surface area contributed by atoms with Crippen LogP contribution in [0.4, 0.5) is 5.13 Å². The fourth-order valence-electron chi connectivity index (χ4n) is 2.80. The van der Waals surface area contributed by atoms with Gasteiger partial charge in [0.05, 0.1) is 16.5 Å². The topological polar surface area (TPSA) is 62.3 Å². The molecule has 1 aliphatic rings. The molecule has 3 rings (SSSR count). The summed E-state index contributed by atoms with van der Waals surface area (Å²) in [6, 6.07) is 6.49. The Balaban J connectivity index is 1.71. The summed E-state index contributed by atoms with van der Waals surface area (Å²) in [6.45, 7) is 3.84. The van der Waals surface area contributed by atoms with Crippen LogP contribution >= 0.6 is 11.3 Å². The molecule has 0 atom stereocenters. The summed E-state index contributed by atoms with van der Waals surface area (Å²) in [4.78, 5) is 6.98. The first-order valence-corrected chi connectivity index (χ1v) is 10.3. The van der Waals surface area contributed by atoms with Crippen molar-refractivity contribution < 1.29 is 8.42 Å². The number of fused-ring (bicyclic) bond motifs is 1. The van der Waals surface area contributed by atoms with Crippen LogP contribution in [-0.2, 0) is 16.4 Å². The first-order valence-electron chi connectivity index (χ1n) is 7.56. The summed E-state index contributed by atoms with van der Waals surface area (Å²) in [5, 5.41) is 1.04. The Morgan fingerprint density at radius 2 is 2.09 bits per heavy atom. The maximum Gasteiger partial charge on any atom is 0.208 e. The minimum absolute atomic E-state index is 0.0484. The second-order valence-electron chi connectivity index (χ2n) is 5.80. The number of sulfonamides is 1. The lowest BCUT2D eigenvalue weighted by Crippen LogP contribution is -2.44. The van der Waals surface area contributed by atoms with E-state index in [1.165, 1.54) is 16.5 Å². The third-order valence-corrected chi connectivity index (χ3v) is 5.84. The van der Waals surface area contributed by atoms with Crippen LogP contribution < -0.4 is 9.62 Å². The van der Waals surface area contributed by atoms with Gasteiger partial charge in [-0.1, -0.05) is 24.3 Å². The van der Waals surface area contributed by atoms with E-state index in [9.17, 15) is 8.42 Å². The van der Waals surface area contributed by atoms with E-state index >= 15 is 0 Å². The van der Waals surface area contributed by atoms with E-state index in [0.29, 0.717) is 0 Å². The first-order chi connectivity index (χ1) is 10.4. The first kappa shape index (κ1) is 15.7. The molecule has 5 nitrogen and oxygen atoms in total. The van der Waals surface area contributed by atoms with Crippen LogP contribution in [0.2, 0.25) is 0 Å². The minimum Gasteiger partial charge on any atom is -0.348 e. The molecule has 2 aromatic rings. The van der Waals surface area contributed by atoms with Gasteiger partial charge in [0.2, 0.25) is 10.0 Å². The number of aryl methyl sites for hydroxylation is 1. The van der Waals surface area contributed by atoms with Gasteiger partial charge < -0.3 is 4.90 Å². The molecule has 1 aromatic heterocycles. The van der Waals surface area contributed by atoms with E-state index in [-0.39, 0.29) is 6.04 Å².